The topological polar surface area (TPSA) is 70.2 Å². The quantitative estimate of drug-likeness (QED) is 0.756. The minimum Gasteiger partial charge on any atom is -0.355 e. The van der Waals surface area contributed by atoms with Gasteiger partial charge in [-0.2, -0.15) is 0 Å². The van der Waals surface area contributed by atoms with Gasteiger partial charge in [0.25, 0.3) is 0 Å². The van der Waals surface area contributed by atoms with Crippen molar-refractivity contribution in [2.24, 2.45) is 5.92 Å². The van der Waals surface area contributed by atoms with Gasteiger partial charge in [-0.25, -0.2) is 8.78 Å². The number of halogens is 3. The highest BCUT2D eigenvalue weighted by Crippen LogP contribution is 2.27. The Morgan fingerprint density at radius 2 is 2.00 bits per heavy atom. The Bertz CT molecular complexity index is 629. The first-order chi connectivity index (χ1) is 11.0. The monoisotopic (exact) mass is 359 g/mol. The minimum absolute atomic E-state index is 0. The van der Waals surface area contributed by atoms with Crippen LogP contribution in [0.25, 0.3) is 0 Å². The molecule has 2 fully saturated rings. The first-order valence-corrected chi connectivity index (χ1v) is 7.77. The van der Waals surface area contributed by atoms with E-state index in [0.29, 0.717) is 18.7 Å². The molecule has 3 rings (SSSR count). The van der Waals surface area contributed by atoms with Crippen LogP contribution >= 0.6 is 12.4 Å². The Balaban J connectivity index is 0.00000208. The molecule has 8 heteroatoms. The molecule has 0 radical (unpaired) electrons. The Labute approximate surface area is 145 Å². The van der Waals surface area contributed by atoms with Gasteiger partial charge in [0.05, 0.1) is 5.92 Å². The van der Waals surface area contributed by atoms with Crippen molar-refractivity contribution in [3.63, 3.8) is 0 Å². The molecule has 1 aromatic rings. The summed E-state index contributed by atoms with van der Waals surface area (Å²) in [6.45, 7) is 1.66. The van der Waals surface area contributed by atoms with Gasteiger partial charge in [0.15, 0.2) is 11.6 Å². The summed E-state index contributed by atoms with van der Waals surface area (Å²) in [6, 6.07) is 3.67. The number of carbonyl (C=O) groups excluding carboxylic acids is 2. The molecule has 0 spiro atoms. The van der Waals surface area contributed by atoms with Crippen molar-refractivity contribution in [3.05, 3.63) is 35.4 Å². The average Bonchev–Trinajstić information content (AvgIpc) is 2.97. The Morgan fingerprint density at radius 3 is 2.67 bits per heavy atom. The number of amides is 2. The smallest absolute Gasteiger partial charge is 0.225 e. The lowest BCUT2D eigenvalue weighted by atomic mass is 9.85. The number of hydrogen-bond donors (Lipinski definition) is 3. The molecule has 2 aliphatic heterocycles. The lowest BCUT2D eigenvalue weighted by Crippen LogP contribution is -2.51. The van der Waals surface area contributed by atoms with Crippen molar-refractivity contribution in [2.45, 2.75) is 24.8 Å². The second kappa shape index (κ2) is 7.90. The van der Waals surface area contributed by atoms with Gasteiger partial charge in [0, 0.05) is 31.5 Å². The van der Waals surface area contributed by atoms with Gasteiger partial charge in [-0.15, -0.1) is 12.4 Å². The van der Waals surface area contributed by atoms with Crippen molar-refractivity contribution >= 4 is 24.2 Å². The van der Waals surface area contributed by atoms with E-state index < -0.39 is 11.6 Å². The molecule has 0 aliphatic carbocycles. The molecule has 2 saturated heterocycles. The van der Waals surface area contributed by atoms with Crippen LogP contribution in [0.1, 0.15) is 24.3 Å². The lowest BCUT2D eigenvalue weighted by Gasteiger charge is -2.33. The summed E-state index contributed by atoms with van der Waals surface area (Å²) < 4.78 is 26.6. The molecule has 3 N–H and O–H groups in total. The number of nitrogens with one attached hydrogen (secondary N) is 3. The molecule has 2 amide bonds. The molecular weight excluding hydrogens is 340 g/mol. The fourth-order valence-electron chi connectivity index (χ4n) is 3.24. The largest absolute Gasteiger partial charge is 0.355 e. The highest BCUT2D eigenvalue weighted by atomic mass is 35.5. The van der Waals surface area contributed by atoms with Gasteiger partial charge in [-0.05, 0) is 30.7 Å². The van der Waals surface area contributed by atoms with E-state index in [1.165, 1.54) is 6.07 Å². The predicted octanol–water partition coefficient (Wildman–Crippen LogP) is 1.08. The SMILES string of the molecule is Cl.O=C1CC(C(=O)NC2CNCCC2c2ccc(F)c(F)c2)CN1. The van der Waals surface area contributed by atoms with Gasteiger partial charge in [0.1, 0.15) is 0 Å². The first-order valence-electron chi connectivity index (χ1n) is 7.77. The number of carbonyl (C=O) groups is 2. The van der Waals surface area contributed by atoms with Crippen LogP contribution in [-0.2, 0) is 9.59 Å². The van der Waals surface area contributed by atoms with Crippen LogP contribution in [0.2, 0.25) is 0 Å². The fourth-order valence-corrected chi connectivity index (χ4v) is 3.24. The van der Waals surface area contributed by atoms with Gasteiger partial charge in [-0.1, -0.05) is 6.07 Å². The number of piperidine rings is 1. The van der Waals surface area contributed by atoms with Gasteiger partial charge >= 0.3 is 0 Å². The summed E-state index contributed by atoms with van der Waals surface area (Å²) in [5.41, 5.74) is 0.677. The molecule has 24 heavy (non-hydrogen) atoms. The van der Waals surface area contributed by atoms with E-state index in [1.807, 2.05) is 0 Å². The molecular formula is C16H20ClF2N3O2. The van der Waals surface area contributed by atoms with Crippen LogP contribution < -0.4 is 16.0 Å². The maximum absolute atomic E-state index is 13.5. The summed E-state index contributed by atoms with van der Waals surface area (Å²) in [5.74, 6) is -2.50. The molecule has 1 aromatic carbocycles. The molecule has 0 saturated carbocycles. The van der Waals surface area contributed by atoms with E-state index >= 15 is 0 Å². The van der Waals surface area contributed by atoms with Crippen molar-refractivity contribution in [2.75, 3.05) is 19.6 Å². The van der Waals surface area contributed by atoms with Gasteiger partial charge < -0.3 is 16.0 Å². The molecule has 132 valence electrons. The van der Waals surface area contributed by atoms with Crippen LogP contribution in [0.4, 0.5) is 8.78 Å². The maximum Gasteiger partial charge on any atom is 0.225 e. The van der Waals surface area contributed by atoms with Crippen molar-refractivity contribution in [1.29, 1.82) is 0 Å². The number of rotatable bonds is 3. The molecule has 3 unspecified atom stereocenters. The average molecular weight is 360 g/mol. The van der Waals surface area contributed by atoms with Crippen molar-refractivity contribution in [3.8, 4) is 0 Å². The Morgan fingerprint density at radius 1 is 1.21 bits per heavy atom. The first kappa shape index (κ1) is 18.6. The Hall–Kier alpha value is -1.73. The third-order valence-electron chi connectivity index (χ3n) is 4.53. The van der Waals surface area contributed by atoms with Gasteiger partial charge in [0.2, 0.25) is 11.8 Å². The van der Waals surface area contributed by atoms with Crippen LogP contribution in [0.5, 0.6) is 0 Å². The van der Waals surface area contributed by atoms with Crippen LogP contribution in [0.15, 0.2) is 18.2 Å². The summed E-state index contributed by atoms with van der Waals surface area (Å²) in [4.78, 5) is 23.5. The Kier molecular flexibility index (Phi) is 6.12. The molecule has 2 heterocycles. The van der Waals surface area contributed by atoms with Crippen LogP contribution in [0.3, 0.4) is 0 Å². The molecule has 2 aliphatic rings. The van der Waals surface area contributed by atoms with E-state index in [2.05, 4.69) is 16.0 Å². The highest BCUT2D eigenvalue weighted by Gasteiger charge is 2.33. The van der Waals surface area contributed by atoms with E-state index in [-0.39, 0.29) is 48.5 Å². The zero-order valence-corrected chi connectivity index (χ0v) is 13.8. The van der Waals surface area contributed by atoms with E-state index in [9.17, 15) is 18.4 Å². The van der Waals surface area contributed by atoms with Crippen molar-refractivity contribution in [1.82, 2.24) is 16.0 Å². The van der Waals surface area contributed by atoms with E-state index in [1.54, 1.807) is 6.07 Å². The predicted molar refractivity (Wildman–Crippen MR) is 86.9 cm³/mol. The standard InChI is InChI=1S/C16H19F2N3O2.ClH/c17-12-2-1-9(5-13(12)18)11-3-4-19-8-14(11)21-16(23)10-6-15(22)20-7-10;/h1-2,5,10-11,14,19H,3-4,6-8H2,(H,20,22)(H,21,23);1H. The molecule has 0 bridgehead atoms. The maximum atomic E-state index is 13.5. The van der Waals surface area contributed by atoms with E-state index in [4.69, 9.17) is 0 Å². The number of benzene rings is 1. The van der Waals surface area contributed by atoms with E-state index in [0.717, 1.165) is 19.0 Å². The summed E-state index contributed by atoms with van der Waals surface area (Å²) in [6.07, 6.45) is 0.916. The second-order valence-electron chi connectivity index (χ2n) is 6.09. The lowest BCUT2D eigenvalue weighted by molar-refractivity contribution is -0.127. The zero-order valence-electron chi connectivity index (χ0n) is 13.0. The zero-order chi connectivity index (χ0) is 16.4. The minimum atomic E-state index is -0.878. The summed E-state index contributed by atoms with van der Waals surface area (Å²) in [7, 11) is 0. The summed E-state index contributed by atoms with van der Waals surface area (Å²) >= 11 is 0. The highest BCUT2D eigenvalue weighted by molar-refractivity contribution is 5.89. The second-order valence-corrected chi connectivity index (χ2v) is 6.09. The normalized spacial score (nSPS) is 26.4. The van der Waals surface area contributed by atoms with Crippen molar-refractivity contribution < 1.29 is 18.4 Å². The van der Waals surface area contributed by atoms with Crippen LogP contribution in [0, 0.1) is 17.6 Å². The molecule has 0 aromatic heterocycles. The molecule has 3 atom stereocenters. The third-order valence-corrected chi connectivity index (χ3v) is 4.53. The number of hydrogen-bond acceptors (Lipinski definition) is 3. The third kappa shape index (κ3) is 4.02. The summed E-state index contributed by atoms with van der Waals surface area (Å²) in [5, 5.41) is 8.79. The van der Waals surface area contributed by atoms with Gasteiger partial charge in [-0.3, -0.25) is 9.59 Å². The fraction of sp³-hybridized carbons (Fsp3) is 0.500. The molecule has 5 nitrogen and oxygen atoms in total. The van der Waals surface area contributed by atoms with Crippen LogP contribution in [-0.4, -0.2) is 37.5 Å².